The number of nitrogens with two attached hydrogens (primary N) is 1. The molecule has 0 saturated heterocycles. The molecule has 0 bridgehead atoms. The predicted octanol–water partition coefficient (Wildman–Crippen LogP) is 6.78. The summed E-state index contributed by atoms with van der Waals surface area (Å²) >= 11 is 0. The van der Waals surface area contributed by atoms with Crippen molar-refractivity contribution in [2.75, 3.05) is 0 Å². The third-order valence-corrected chi connectivity index (χ3v) is 5.04. The number of hydrogen-bond donors (Lipinski definition) is 3. The van der Waals surface area contributed by atoms with Crippen LogP contribution in [-0.4, -0.2) is 28.2 Å². The van der Waals surface area contributed by atoms with E-state index in [4.69, 9.17) is 15.9 Å². The first kappa shape index (κ1) is 30.1. The van der Waals surface area contributed by atoms with E-state index in [9.17, 15) is 9.59 Å². The highest BCUT2D eigenvalue weighted by atomic mass is 16.4. The van der Waals surface area contributed by atoms with Crippen LogP contribution in [0.1, 0.15) is 130 Å². The fraction of sp³-hybridized carbons (Fsp3) is 0.917. The van der Waals surface area contributed by atoms with Crippen LogP contribution in [0.25, 0.3) is 0 Å². The van der Waals surface area contributed by atoms with Crippen LogP contribution in [-0.2, 0) is 9.59 Å². The number of rotatable bonds is 19. The lowest BCUT2D eigenvalue weighted by atomic mass is 10.0. The first-order chi connectivity index (χ1) is 13.8. The maximum atomic E-state index is 10.3. The molecule has 0 unspecified atom stereocenters. The minimum Gasteiger partial charge on any atom is -0.481 e. The van der Waals surface area contributed by atoms with Crippen LogP contribution in [0.15, 0.2) is 0 Å². The van der Waals surface area contributed by atoms with Gasteiger partial charge in [-0.15, -0.1) is 0 Å². The van der Waals surface area contributed by atoms with Gasteiger partial charge in [-0.25, -0.2) is 0 Å². The van der Waals surface area contributed by atoms with E-state index in [-0.39, 0.29) is 0 Å². The van der Waals surface area contributed by atoms with Crippen molar-refractivity contribution in [3.05, 3.63) is 0 Å². The van der Waals surface area contributed by atoms with Crippen molar-refractivity contribution in [1.82, 2.24) is 0 Å². The van der Waals surface area contributed by atoms with Crippen molar-refractivity contribution in [3.63, 3.8) is 0 Å². The van der Waals surface area contributed by atoms with Crippen molar-refractivity contribution in [3.8, 4) is 0 Å². The summed E-state index contributed by atoms with van der Waals surface area (Å²) in [5.41, 5.74) is 5.22. The Morgan fingerprint density at radius 3 is 1.28 bits per heavy atom. The number of hydrogen-bond acceptors (Lipinski definition) is 3. The molecule has 0 amide bonds. The largest absolute Gasteiger partial charge is 0.481 e. The molecule has 0 aromatic rings. The highest BCUT2D eigenvalue weighted by Crippen LogP contribution is 2.13. The zero-order valence-electron chi connectivity index (χ0n) is 19.5. The minimum absolute atomic E-state index is 0.345. The van der Waals surface area contributed by atoms with E-state index in [0.717, 1.165) is 12.8 Å². The highest BCUT2D eigenvalue weighted by Gasteiger charge is 2.11. The summed E-state index contributed by atoms with van der Waals surface area (Å²) in [7, 11) is 0. The van der Waals surface area contributed by atoms with E-state index in [1.807, 2.05) is 13.8 Å². The molecule has 1 atom stereocenters. The number of unbranched alkanes of at least 4 members (excludes halogenated alkanes) is 14. The minimum atomic E-state index is -0.913. The van der Waals surface area contributed by atoms with E-state index in [0.29, 0.717) is 18.8 Å². The Labute approximate surface area is 179 Å². The maximum absolute atomic E-state index is 10.3. The van der Waals surface area contributed by atoms with Crippen molar-refractivity contribution >= 4 is 11.9 Å². The second kappa shape index (κ2) is 23.2. The second-order valence-electron chi connectivity index (χ2n) is 8.67. The van der Waals surface area contributed by atoms with E-state index in [1.165, 1.54) is 83.5 Å². The van der Waals surface area contributed by atoms with Gasteiger partial charge in [0.1, 0.15) is 6.04 Å². The monoisotopic (exact) mass is 415 g/mol. The smallest absolute Gasteiger partial charge is 0.320 e. The van der Waals surface area contributed by atoms with Crippen LogP contribution in [0.4, 0.5) is 0 Å². The van der Waals surface area contributed by atoms with Gasteiger partial charge in [-0.3, -0.25) is 9.59 Å². The molecule has 174 valence electrons. The predicted molar refractivity (Wildman–Crippen MR) is 122 cm³/mol. The van der Waals surface area contributed by atoms with E-state index < -0.39 is 18.0 Å². The summed E-state index contributed by atoms with van der Waals surface area (Å²) in [5, 5.41) is 16.8. The summed E-state index contributed by atoms with van der Waals surface area (Å²) in [6, 6.07) is -0.690. The first-order valence-electron chi connectivity index (χ1n) is 12.0. The molecule has 5 heteroatoms. The van der Waals surface area contributed by atoms with Crippen LogP contribution in [0, 0.1) is 5.92 Å². The van der Waals surface area contributed by atoms with Crippen molar-refractivity contribution in [1.29, 1.82) is 0 Å². The number of carboxylic acids is 2. The standard InChI is InChI=1S/C18H36O2.C6H13NO2/c1-2-3-4-5-6-7-8-9-10-11-12-13-14-15-16-17-18(19)20;1-4(2)3-5(7)6(8)9/h2-17H2,1H3,(H,19,20);4-5H,3,7H2,1-2H3,(H,8,9)/t;5-/m.0/s1. The molecule has 0 aliphatic carbocycles. The Hall–Kier alpha value is -1.10. The van der Waals surface area contributed by atoms with E-state index >= 15 is 0 Å². The third kappa shape index (κ3) is 29.2. The number of aliphatic carboxylic acids is 2. The fourth-order valence-electron chi connectivity index (χ4n) is 3.26. The van der Waals surface area contributed by atoms with Gasteiger partial charge in [-0.1, -0.05) is 111 Å². The Bertz CT molecular complexity index is 372. The van der Waals surface area contributed by atoms with Crippen LogP contribution in [0.2, 0.25) is 0 Å². The lowest BCUT2D eigenvalue weighted by molar-refractivity contribution is -0.139. The molecular weight excluding hydrogens is 366 g/mol. The van der Waals surface area contributed by atoms with E-state index in [2.05, 4.69) is 6.92 Å². The lowest BCUT2D eigenvalue weighted by Crippen LogP contribution is -2.31. The molecule has 0 aromatic carbocycles. The van der Waals surface area contributed by atoms with E-state index in [1.54, 1.807) is 0 Å². The Kier molecular flexibility index (Phi) is 24.1. The normalized spacial score (nSPS) is 11.8. The lowest BCUT2D eigenvalue weighted by Gasteiger charge is -2.07. The molecule has 0 aliphatic rings. The summed E-state index contributed by atoms with van der Waals surface area (Å²) in [5.74, 6) is -1.21. The first-order valence-corrected chi connectivity index (χ1v) is 12.0. The van der Waals surface area contributed by atoms with Crippen LogP contribution < -0.4 is 5.73 Å². The van der Waals surface area contributed by atoms with Crippen molar-refractivity contribution in [2.24, 2.45) is 11.7 Å². The molecule has 0 saturated carbocycles. The molecule has 0 rings (SSSR count). The van der Waals surface area contributed by atoms with Gasteiger partial charge in [-0.05, 0) is 18.8 Å². The summed E-state index contributed by atoms with van der Waals surface area (Å²) in [4.78, 5) is 20.4. The Balaban J connectivity index is 0. The van der Waals surface area contributed by atoms with Gasteiger partial charge in [0.2, 0.25) is 0 Å². The van der Waals surface area contributed by atoms with Gasteiger partial charge in [-0.2, -0.15) is 0 Å². The van der Waals surface area contributed by atoms with Gasteiger partial charge >= 0.3 is 11.9 Å². The highest BCUT2D eigenvalue weighted by molar-refractivity contribution is 5.72. The van der Waals surface area contributed by atoms with Gasteiger partial charge in [0, 0.05) is 6.42 Å². The quantitative estimate of drug-likeness (QED) is 0.202. The molecule has 0 aliphatic heterocycles. The number of carbonyl (C=O) groups is 2. The van der Waals surface area contributed by atoms with Crippen molar-refractivity contribution in [2.45, 2.75) is 136 Å². The van der Waals surface area contributed by atoms with Gasteiger partial charge in [0.15, 0.2) is 0 Å². The molecule has 4 N–H and O–H groups in total. The average Bonchev–Trinajstić information content (AvgIpc) is 2.64. The van der Waals surface area contributed by atoms with Gasteiger partial charge in [0.05, 0.1) is 0 Å². The molecule has 5 nitrogen and oxygen atoms in total. The number of carboxylic acid groups (broad SMARTS) is 2. The molecule has 0 fully saturated rings. The molecular formula is C24H49NO4. The van der Waals surface area contributed by atoms with Crippen molar-refractivity contribution < 1.29 is 19.8 Å². The SMILES string of the molecule is CC(C)C[C@H](N)C(=O)O.CCCCCCCCCCCCCCCCCC(=O)O. The fourth-order valence-corrected chi connectivity index (χ4v) is 3.26. The topological polar surface area (TPSA) is 101 Å². The Morgan fingerprint density at radius 1 is 0.690 bits per heavy atom. The Morgan fingerprint density at radius 2 is 1.03 bits per heavy atom. The third-order valence-electron chi connectivity index (χ3n) is 5.04. The zero-order chi connectivity index (χ0) is 22.3. The average molecular weight is 416 g/mol. The van der Waals surface area contributed by atoms with Crippen LogP contribution in [0.3, 0.4) is 0 Å². The molecule has 0 radical (unpaired) electrons. The van der Waals surface area contributed by atoms with Crippen LogP contribution >= 0.6 is 0 Å². The summed E-state index contributed by atoms with van der Waals surface area (Å²) in [6.07, 6.45) is 20.8. The molecule has 0 aromatic heterocycles. The molecule has 29 heavy (non-hydrogen) atoms. The molecule has 0 heterocycles. The zero-order valence-corrected chi connectivity index (χ0v) is 19.5. The van der Waals surface area contributed by atoms with Gasteiger partial charge in [0.25, 0.3) is 0 Å². The van der Waals surface area contributed by atoms with Gasteiger partial charge < -0.3 is 15.9 Å². The summed E-state index contributed by atoms with van der Waals surface area (Å²) in [6.45, 7) is 6.16. The second-order valence-corrected chi connectivity index (χ2v) is 8.67. The van der Waals surface area contributed by atoms with Crippen LogP contribution in [0.5, 0.6) is 0 Å². The molecule has 0 spiro atoms. The maximum Gasteiger partial charge on any atom is 0.320 e. The summed E-state index contributed by atoms with van der Waals surface area (Å²) < 4.78 is 0.